The smallest absolute Gasteiger partial charge is 0.310 e. The van der Waals surface area contributed by atoms with Gasteiger partial charge in [0, 0.05) is 5.02 Å². The lowest BCUT2D eigenvalue weighted by molar-refractivity contribution is -0.142. The van der Waals surface area contributed by atoms with Crippen LogP contribution in [0, 0.1) is 11.3 Å². The average molecular weight is 258 g/mol. The van der Waals surface area contributed by atoms with Crippen LogP contribution in [0.2, 0.25) is 10.0 Å². The minimum absolute atomic E-state index is 0.0537. The Balaban J connectivity index is 2.95. The Morgan fingerprint density at radius 2 is 2.12 bits per heavy atom. The summed E-state index contributed by atoms with van der Waals surface area (Å²) in [7, 11) is 0. The molecule has 0 radical (unpaired) electrons. The monoisotopic (exact) mass is 257 g/mol. The molecule has 0 aliphatic carbocycles. The first-order chi connectivity index (χ1) is 7.58. The Bertz CT molecular complexity index is 452. The van der Waals surface area contributed by atoms with Crippen LogP contribution in [0.1, 0.15) is 18.1 Å². The van der Waals surface area contributed by atoms with Gasteiger partial charge in [-0.25, -0.2) is 0 Å². The predicted octanol–water partition coefficient (Wildman–Crippen LogP) is 2.97. The molecule has 3 nitrogen and oxygen atoms in total. The van der Waals surface area contributed by atoms with Gasteiger partial charge in [-0.1, -0.05) is 23.2 Å². The first kappa shape index (κ1) is 12.8. The molecule has 1 rings (SSSR count). The fraction of sp³-hybridized carbons (Fsp3) is 0.273. The molecule has 84 valence electrons. The van der Waals surface area contributed by atoms with Gasteiger partial charge in [0.2, 0.25) is 0 Å². The molecule has 16 heavy (non-hydrogen) atoms. The molecule has 0 amide bonds. The standard InChI is InChI=1S/C11H9Cl2NO2/c1-2-16-11(15)5-7-3-10(13)8(6-14)4-9(7)12/h3-4H,2,5H2,1H3. The molecule has 0 aliphatic rings. The number of nitriles is 1. The molecule has 0 saturated heterocycles. The quantitative estimate of drug-likeness (QED) is 0.783. The number of benzene rings is 1. The third-order valence-corrected chi connectivity index (χ3v) is 2.56. The van der Waals surface area contributed by atoms with E-state index in [-0.39, 0.29) is 17.4 Å². The van der Waals surface area contributed by atoms with Crippen molar-refractivity contribution in [2.24, 2.45) is 0 Å². The van der Waals surface area contributed by atoms with E-state index in [1.54, 1.807) is 6.92 Å². The van der Waals surface area contributed by atoms with E-state index in [2.05, 4.69) is 0 Å². The third kappa shape index (κ3) is 3.13. The SMILES string of the molecule is CCOC(=O)Cc1cc(Cl)c(C#N)cc1Cl. The Morgan fingerprint density at radius 1 is 1.44 bits per heavy atom. The lowest BCUT2D eigenvalue weighted by Gasteiger charge is -2.05. The molecule has 0 bridgehead atoms. The number of hydrogen-bond donors (Lipinski definition) is 0. The highest BCUT2D eigenvalue weighted by Crippen LogP contribution is 2.25. The molecular formula is C11H9Cl2NO2. The molecule has 0 atom stereocenters. The van der Waals surface area contributed by atoms with E-state index < -0.39 is 0 Å². The highest BCUT2D eigenvalue weighted by atomic mass is 35.5. The van der Waals surface area contributed by atoms with Crippen LogP contribution in [-0.2, 0) is 16.0 Å². The molecule has 0 N–H and O–H groups in total. The van der Waals surface area contributed by atoms with Crippen LogP contribution in [0.3, 0.4) is 0 Å². The molecule has 1 aromatic carbocycles. The van der Waals surface area contributed by atoms with Crippen LogP contribution >= 0.6 is 23.2 Å². The molecular weight excluding hydrogens is 249 g/mol. The third-order valence-electron chi connectivity index (χ3n) is 1.90. The van der Waals surface area contributed by atoms with Gasteiger partial charge in [-0.05, 0) is 24.6 Å². The summed E-state index contributed by atoms with van der Waals surface area (Å²) in [5.41, 5.74) is 0.850. The van der Waals surface area contributed by atoms with Crippen LogP contribution in [0.25, 0.3) is 0 Å². The molecule has 0 aromatic heterocycles. The zero-order valence-electron chi connectivity index (χ0n) is 8.59. The number of halogens is 2. The van der Waals surface area contributed by atoms with Crippen molar-refractivity contribution in [3.8, 4) is 6.07 Å². The number of hydrogen-bond acceptors (Lipinski definition) is 3. The fourth-order valence-corrected chi connectivity index (χ4v) is 1.64. The second-order valence-electron chi connectivity index (χ2n) is 3.02. The van der Waals surface area contributed by atoms with Crippen LogP contribution < -0.4 is 0 Å². The maximum absolute atomic E-state index is 11.2. The minimum atomic E-state index is -0.370. The average Bonchev–Trinajstić information content (AvgIpc) is 2.23. The topological polar surface area (TPSA) is 50.1 Å². The first-order valence-electron chi connectivity index (χ1n) is 4.62. The molecule has 0 aliphatic heterocycles. The number of carbonyl (C=O) groups is 1. The van der Waals surface area contributed by atoms with Crippen LogP contribution in [0.15, 0.2) is 12.1 Å². The molecule has 0 saturated carbocycles. The van der Waals surface area contributed by atoms with Gasteiger partial charge in [0.15, 0.2) is 0 Å². The summed E-state index contributed by atoms with van der Waals surface area (Å²) in [4.78, 5) is 11.2. The van der Waals surface area contributed by atoms with E-state index in [0.717, 1.165) is 0 Å². The van der Waals surface area contributed by atoms with Gasteiger partial charge in [-0.2, -0.15) is 5.26 Å². The highest BCUT2D eigenvalue weighted by molar-refractivity contribution is 6.34. The molecule has 0 fully saturated rings. The van der Waals surface area contributed by atoms with E-state index in [4.69, 9.17) is 33.2 Å². The maximum atomic E-state index is 11.2. The van der Waals surface area contributed by atoms with Crippen molar-refractivity contribution in [1.29, 1.82) is 5.26 Å². The molecule has 0 spiro atoms. The lowest BCUT2D eigenvalue weighted by Crippen LogP contribution is -2.08. The second-order valence-corrected chi connectivity index (χ2v) is 3.83. The van der Waals surface area contributed by atoms with Crippen molar-refractivity contribution in [1.82, 2.24) is 0 Å². The summed E-state index contributed by atoms with van der Waals surface area (Å²) in [5, 5.41) is 9.34. The van der Waals surface area contributed by atoms with Gasteiger partial charge in [0.05, 0.1) is 23.6 Å². The number of nitrogens with zero attached hydrogens (tertiary/aromatic N) is 1. The first-order valence-corrected chi connectivity index (χ1v) is 5.37. The minimum Gasteiger partial charge on any atom is -0.466 e. The van der Waals surface area contributed by atoms with Crippen molar-refractivity contribution in [2.45, 2.75) is 13.3 Å². The van der Waals surface area contributed by atoms with E-state index in [9.17, 15) is 4.79 Å². The van der Waals surface area contributed by atoms with Crippen molar-refractivity contribution in [3.05, 3.63) is 33.3 Å². The van der Waals surface area contributed by atoms with Crippen molar-refractivity contribution in [3.63, 3.8) is 0 Å². The van der Waals surface area contributed by atoms with Gasteiger partial charge >= 0.3 is 5.97 Å². The van der Waals surface area contributed by atoms with Crippen molar-refractivity contribution >= 4 is 29.2 Å². The van der Waals surface area contributed by atoms with E-state index in [1.165, 1.54) is 12.1 Å². The normalized spacial score (nSPS) is 9.62. The van der Waals surface area contributed by atoms with E-state index in [1.807, 2.05) is 6.07 Å². The Labute approximate surface area is 104 Å². The summed E-state index contributed by atoms with van der Waals surface area (Å²) in [6, 6.07) is 4.87. The van der Waals surface area contributed by atoms with Gasteiger partial charge in [-0.3, -0.25) is 4.79 Å². The van der Waals surface area contributed by atoms with Gasteiger partial charge in [0.25, 0.3) is 0 Å². The van der Waals surface area contributed by atoms with Crippen molar-refractivity contribution < 1.29 is 9.53 Å². The maximum Gasteiger partial charge on any atom is 0.310 e. The van der Waals surface area contributed by atoms with Gasteiger partial charge < -0.3 is 4.74 Å². The fourth-order valence-electron chi connectivity index (χ4n) is 1.18. The zero-order valence-corrected chi connectivity index (χ0v) is 10.1. The van der Waals surface area contributed by atoms with E-state index >= 15 is 0 Å². The van der Waals surface area contributed by atoms with E-state index in [0.29, 0.717) is 22.8 Å². The number of ether oxygens (including phenoxy) is 1. The van der Waals surface area contributed by atoms with Crippen LogP contribution in [0.4, 0.5) is 0 Å². The largest absolute Gasteiger partial charge is 0.466 e. The van der Waals surface area contributed by atoms with Crippen LogP contribution in [0.5, 0.6) is 0 Å². The number of esters is 1. The summed E-state index contributed by atoms with van der Waals surface area (Å²) in [6.45, 7) is 2.05. The highest BCUT2D eigenvalue weighted by Gasteiger charge is 2.11. The summed E-state index contributed by atoms with van der Waals surface area (Å²) in [5.74, 6) is -0.370. The molecule has 0 heterocycles. The Hall–Kier alpha value is -1.24. The van der Waals surface area contributed by atoms with Gasteiger partial charge in [0.1, 0.15) is 6.07 Å². The molecule has 1 aromatic rings. The van der Waals surface area contributed by atoms with Crippen LogP contribution in [-0.4, -0.2) is 12.6 Å². The zero-order chi connectivity index (χ0) is 12.1. The summed E-state index contributed by atoms with van der Waals surface area (Å²) in [6.07, 6.45) is 0.0537. The molecule has 5 heteroatoms. The van der Waals surface area contributed by atoms with Gasteiger partial charge in [-0.15, -0.1) is 0 Å². The lowest BCUT2D eigenvalue weighted by atomic mass is 10.1. The summed E-state index contributed by atoms with van der Waals surface area (Å²) >= 11 is 11.7. The Kier molecular flexibility index (Phi) is 4.60. The second kappa shape index (κ2) is 5.74. The molecule has 0 unspecified atom stereocenters. The number of carbonyl (C=O) groups excluding carboxylic acids is 1. The summed E-state index contributed by atoms with van der Waals surface area (Å²) < 4.78 is 4.79. The Morgan fingerprint density at radius 3 is 2.69 bits per heavy atom. The van der Waals surface area contributed by atoms with Crippen molar-refractivity contribution in [2.75, 3.05) is 6.61 Å². The number of rotatable bonds is 3. The predicted molar refractivity (Wildman–Crippen MR) is 61.5 cm³/mol.